The molecule has 0 aliphatic rings. The van der Waals surface area contributed by atoms with Crippen molar-refractivity contribution in [2.45, 2.75) is 26.7 Å². The molecule has 1 rings (SSSR count). The van der Waals surface area contributed by atoms with Crippen LogP contribution in [-0.2, 0) is 0 Å². The summed E-state index contributed by atoms with van der Waals surface area (Å²) in [6, 6.07) is 5.97. The molecule has 0 saturated heterocycles. The summed E-state index contributed by atoms with van der Waals surface area (Å²) in [6.07, 6.45) is 0.902. The van der Waals surface area contributed by atoms with E-state index in [0.717, 1.165) is 17.4 Å². The number of carbonyl (C=O) groups is 1. The molecule has 0 aliphatic heterocycles. The number of rotatable bonds is 2. The maximum atomic E-state index is 10.5. The van der Waals surface area contributed by atoms with Crippen LogP contribution in [0.4, 0.5) is 0 Å². The van der Waals surface area contributed by atoms with Crippen molar-refractivity contribution >= 4 is 6.29 Å². The normalized spacial score (nSPS) is 10.3. The SMILES string of the molecule is Cc1cc(C=O)cc(C(C)C)c1. The van der Waals surface area contributed by atoms with Crippen molar-refractivity contribution in [2.24, 2.45) is 0 Å². The van der Waals surface area contributed by atoms with Crippen molar-refractivity contribution < 1.29 is 4.79 Å². The molecule has 12 heavy (non-hydrogen) atoms. The zero-order chi connectivity index (χ0) is 9.14. The average Bonchev–Trinajstić information content (AvgIpc) is 2.03. The van der Waals surface area contributed by atoms with Crippen LogP contribution in [0.2, 0.25) is 0 Å². The van der Waals surface area contributed by atoms with E-state index in [1.165, 1.54) is 5.56 Å². The van der Waals surface area contributed by atoms with E-state index in [-0.39, 0.29) is 0 Å². The van der Waals surface area contributed by atoms with Crippen molar-refractivity contribution in [1.82, 2.24) is 0 Å². The quantitative estimate of drug-likeness (QED) is 0.611. The van der Waals surface area contributed by atoms with E-state index in [4.69, 9.17) is 0 Å². The topological polar surface area (TPSA) is 17.1 Å². The van der Waals surface area contributed by atoms with Gasteiger partial charge >= 0.3 is 0 Å². The molecule has 64 valence electrons. The van der Waals surface area contributed by atoms with Gasteiger partial charge in [0.25, 0.3) is 0 Å². The Kier molecular flexibility index (Phi) is 2.64. The van der Waals surface area contributed by atoms with Crippen molar-refractivity contribution in [3.05, 3.63) is 34.9 Å². The fraction of sp³-hybridized carbons (Fsp3) is 0.364. The van der Waals surface area contributed by atoms with Gasteiger partial charge in [0, 0.05) is 5.56 Å². The zero-order valence-electron chi connectivity index (χ0n) is 7.79. The first kappa shape index (κ1) is 8.98. The molecule has 1 nitrogen and oxygen atoms in total. The van der Waals surface area contributed by atoms with E-state index in [0.29, 0.717) is 5.92 Å². The summed E-state index contributed by atoms with van der Waals surface area (Å²) in [4.78, 5) is 10.5. The molecule has 0 atom stereocenters. The molecule has 1 heteroatoms. The second kappa shape index (κ2) is 3.53. The second-order valence-electron chi connectivity index (χ2n) is 3.45. The number of aryl methyl sites for hydroxylation is 1. The lowest BCUT2D eigenvalue weighted by molar-refractivity contribution is 0.112. The number of carbonyl (C=O) groups excluding carboxylic acids is 1. The van der Waals surface area contributed by atoms with Crippen molar-refractivity contribution in [3.8, 4) is 0 Å². The maximum absolute atomic E-state index is 10.5. The van der Waals surface area contributed by atoms with E-state index in [2.05, 4.69) is 19.9 Å². The molecule has 0 saturated carbocycles. The Labute approximate surface area is 73.4 Å². The van der Waals surface area contributed by atoms with Crippen LogP contribution in [0.15, 0.2) is 18.2 Å². The third-order valence-corrected chi connectivity index (χ3v) is 1.92. The first-order chi connectivity index (χ1) is 5.63. The van der Waals surface area contributed by atoms with Crippen LogP contribution in [0.25, 0.3) is 0 Å². The van der Waals surface area contributed by atoms with Crippen molar-refractivity contribution in [1.29, 1.82) is 0 Å². The van der Waals surface area contributed by atoms with Gasteiger partial charge in [-0.3, -0.25) is 4.79 Å². The minimum atomic E-state index is 0.489. The van der Waals surface area contributed by atoms with Gasteiger partial charge in [0.15, 0.2) is 0 Å². The number of hydrogen-bond donors (Lipinski definition) is 0. The van der Waals surface area contributed by atoms with Crippen molar-refractivity contribution in [3.63, 3.8) is 0 Å². The van der Waals surface area contributed by atoms with E-state index in [1.807, 2.05) is 19.1 Å². The van der Waals surface area contributed by atoms with Gasteiger partial charge < -0.3 is 0 Å². The first-order valence-electron chi connectivity index (χ1n) is 4.20. The van der Waals surface area contributed by atoms with E-state index in [9.17, 15) is 4.79 Å². The highest BCUT2D eigenvalue weighted by atomic mass is 16.1. The molecular weight excluding hydrogens is 148 g/mol. The van der Waals surface area contributed by atoms with Gasteiger partial charge in [-0.05, 0) is 30.5 Å². The Morgan fingerprint density at radius 3 is 2.42 bits per heavy atom. The molecular formula is C11H14O. The lowest BCUT2D eigenvalue weighted by Gasteiger charge is -2.06. The third-order valence-electron chi connectivity index (χ3n) is 1.92. The molecule has 0 amide bonds. The third kappa shape index (κ3) is 1.94. The number of aldehydes is 1. The van der Waals surface area contributed by atoms with Crippen LogP contribution in [-0.4, -0.2) is 6.29 Å². The van der Waals surface area contributed by atoms with Gasteiger partial charge in [-0.15, -0.1) is 0 Å². The molecule has 0 spiro atoms. The smallest absolute Gasteiger partial charge is 0.150 e. The van der Waals surface area contributed by atoms with Crippen LogP contribution in [0.3, 0.4) is 0 Å². The van der Waals surface area contributed by atoms with E-state index in [1.54, 1.807) is 0 Å². The van der Waals surface area contributed by atoms with E-state index >= 15 is 0 Å². The van der Waals surface area contributed by atoms with Gasteiger partial charge in [0.1, 0.15) is 6.29 Å². The fourth-order valence-electron chi connectivity index (χ4n) is 1.24. The lowest BCUT2D eigenvalue weighted by atomic mass is 9.99. The monoisotopic (exact) mass is 162 g/mol. The summed E-state index contributed by atoms with van der Waals surface area (Å²) in [5.74, 6) is 0.489. The van der Waals surface area contributed by atoms with Crippen LogP contribution in [0.5, 0.6) is 0 Å². The Hall–Kier alpha value is -1.11. The minimum Gasteiger partial charge on any atom is -0.298 e. The molecule has 0 fully saturated rings. The lowest BCUT2D eigenvalue weighted by Crippen LogP contribution is -1.91. The molecule has 0 aromatic heterocycles. The first-order valence-corrected chi connectivity index (χ1v) is 4.20. The standard InChI is InChI=1S/C11H14O/c1-8(2)11-5-9(3)4-10(6-11)7-12/h4-8H,1-3H3. The molecule has 0 aliphatic carbocycles. The molecule has 0 bridgehead atoms. The molecule has 0 unspecified atom stereocenters. The van der Waals surface area contributed by atoms with E-state index < -0.39 is 0 Å². The average molecular weight is 162 g/mol. The predicted molar refractivity (Wildman–Crippen MR) is 50.7 cm³/mol. The van der Waals surface area contributed by atoms with Crippen LogP contribution >= 0.6 is 0 Å². The van der Waals surface area contributed by atoms with Crippen molar-refractivity contribution in [2.75, 3.05) is 0 Å². The van der Waals surface area contributed by atoms with Gasteiger partial charge in [-0.2, -0.15) is 0 Å². The van der Waals surface area contributed by atoms with Crippen LogP contribution < -0.4 is 0 Å². The summed E-state index contributed by atoms with van der Waals surface area (Å²) >= 11 is 0. The zero-order valence-corrected chi connectivity index (χ0v) is 7.79. The largest absolute Gasteiger partial charge is 0.298 e. The van der Waals surface area contributed by atoms with Gasteiger partial charge in [0.2, 0.25) is 0 Å². The molecule has 1 aromatic rings. The second-order valence-corrected chi connectivity index (χ2v) is 3.45. The number of hydrogen-bond acceptors (Lipinski definition) is 1. The summed E-state index contributed by atoms with van der Waals surface area (Å²) < 4.78 is 0. The van der Waals surface area contributed by atoms with Gasteiger partial charge in [-0.1, -0.05) is 25.5 Å². The summed E-state index contributed by atoms with van der Waals surface area (Å²) in [5, 5.41) is 0. The van der Waals surface area contributed by atoms with Crippen LogP contribution in [0, 0.1) is 6.92 Å². The molecule has 0 N–H and O–H groups in total. The highest BCUT2D eigenvalue weighted by molar-refractivity contribution is 5.75. The Morgan fingerprint density at radius 1 is 1.25 bits per heavy atom. The molecule has 1 aromatic carbocycles. The minimum absolute atomic E-state index is 0.489. The summed E-state index contributed by atoms with van der Waals surface area (Å²) in [5.41, 5.74) is 3.17. The Bertz CT molecular complexity index is 287. The Morgan fingerprint density at radius 2 is 1.92 bits per heavy atom. The number of benzene rings is 1. The highest BCUT2D eigenvalue weighted by Crippen LogP contribution is 2.17. The van der Waals surface area contributed by atoms with Gasteiger partial charge in [-0.25, -0.2) is 0 Å². The maximum Gasteiger partial charge on any atom is 0.150 e. The highest BCUT2D eigenvalue weighted by Gasteiger charge is 2.01. The molecule has 0 radical (unpaired) electrons. The fourth-order valence-corrected chi connectivity index (χ4v) is 1.24. The Balaban J connectivity index is 3.14. The summed E-state index contributed by atoms with van der Waals surface area (Å²) in [7, 11) is 0. The molecule has 0 heterocycles. The van der Waals surface area contributed by atoms with Crippen LogP contribution in [0.1, 0.15) is 41.3 Å². The van der Waals surface area contributed by atoms with Gasteiger partial charge in [0.05, 0.1) is 0 Å². The summed E-state index contributed by atoms with van der Waals surface area (Å²) in [6.45, 7) is 6.27. The predicted octanol–water partition coefficient (Wildman–Crippen LogP) is 2.93.